The van der Waals surface area contributed by atoms with E-state index in [0.717, 1.165) is 0 Å². The lowest BCUT2D eigenvalue weighted by atomic mass is 10.1. The van der Waals surface area contributed by atoms with Crippen LogP contribution in [0, 0.1) is 0 Å². The number of furan rings is 1. The minimum atomic E-state index is -3.95. The van der Waals surface area contributed by atoms with E-state index in [2.05, 4.69) is 0 Å². The number of sulfone groups is 2. The van der Waals surface area contributed by atoms with E-state index >= 15 is 0 Å². The molecule has 0 spiro atoms. The quantitative estimate of drug-likeness (QED) is 0.446. The maximum absolute atomic E-state index is 13.5. The van der Waals surface area contributed by atoms with Crippen molar-refractivity contribution in [1.29, 1.82) is 0 Å². The van der Waals surface area contributed by atoms with Crippen LogP contribution >= 0.6 is 0 Å². The molecule has 9 nitrogen and oxygen atoms in total. The van der Waals surface area contributed by atoms with E-state index in [1.54, 1.807) is 36.4 Å². The van der Waals surface area contributed by atoms with Gasteiger partial charge in [0, 0.05) is 12.6 Å². The van der Waals surface area contributed by atoms with Crippen molar-refractivity contribution < 1.29 is 35.5 Å². The highest BCUT2D eigenvalue weighted by Crippen LogP contribution is 2.30. The van der Waals surface area contributed by atoms with Crippen LogP contribution in [0.1, 0.15) is 22.5 Å². The Hall–Kier alpha value is -3.31. The Bertz CT molecular complexity index is 1430. The maximum atomic E-state index is 13.5. The third-order valence-electron chi connectivity index (χ3n) is 5.82. The van der Waals surface area contributed by atoms with Gasteiger partial charge in [0.2, 0.25) is 14.9 Å². The van der Waals surface area contributed by atoms with Gasteiger partial charge in [-0.3, -0.25) is 4.79 Å². The van der Waals surface area contributed by atoms with Crippen molar-refractivity contribution in [3.63, 3.8) is 0 Å². The van der Waals surface area contributed by atoms with E-state index in [0.29, 0.717) is 17.1 Å². The SMILES string of the molecule is COc1ccc(CN(C(=O)c2ccc(S(=O)(=O)c3ccccc3)o2)[C@@H]2CCS(=O)(=O)C2)cc1OC. The molecule has 1 atom stereocenters. The fraction of sp³-hybridized carbons (Fsp3) is 0.292. The first-order valence-corrected chi connectivity index (χ1v) is 14.1. The third-order valence-corrected chi connectivity index (χ3v) is 9.21. The molecule has 0 unspecified atom stereocenters. The average molecular weight is 520 g/mol. The Balaban J connectivity index is 1.66. The zero-order valence-electron chi connectivity index (χ0n) is 19.2. The lowest BCUT2D eigenvalue weighted by molar-refractivity contribution is 0.0642. The van der Waals surface area contributed by atoms with Gasteiger partial charge in [-0.15, -0.1) is 0 Å². The number of amides is 1. The number of nitrogens with zero attached hydrogens (tertiary/aromatic N) is 1. The van der Waals surface area contributed by atoms with Crippen molar-refractivity contribution in [3.05, 3.63) is 72.0 Å². The summed E-state index contributed by atoms with van der Waals surface area (Å²) < 4.78 is 66.2. The van der Waals surface area contributed by atoms with Gasteiger partial charge in [0.15, 0.2) is 27.1 Å². The third kappa shape index (κ3) is 5.20. The lowest BCUT2D eigenvalue weighted by Crippen LogP contribution is -2.40. The number of carbonyl (C=O) groups is 1. The summed E-state index contributed by atoms with van der Waals surface area (Å²) in [7, 11) is -4.25. The highest BCUT2D eigenvalue weighted by Gasteiger charge is 2.36. The second-order valence-corrected chi connectivity index (χ2v) is 12.2. The first-order valence-electron chi connectivity index (χ1n) is 10.8. The summed E-state index contributed by atoms with van der Waals surface area (Å²) in [6.45, 7) is 0.0703. The van der Waals surface area contributed by atoms with Crippen LogP contribution in [0.5, 0.6) is 11.5 Å². The Kier molecular flexibility index (Phi) is 6.91. The molecule has 0 saturated carbocycles. The molecule has 0 radical (unpaired) electrons. The average Bonchev–Trinajstić information content (AvgIpc) is 3.49. The zero-order chi connectivity index (χ0) is 25.2. The molecule has 1 aromatic heterocycles. The maximum Gasteiger partial charge on any atom is 0.290 e. The number of ether oxygens (including phenoxy) is 2. The van der Waals surface area contributed by atoms with Crippen molar-refractivity contribution in [1.82, 2.24) is 4.90 Å². The van der Waals surface area contributed by atoms with E-state index in [1.165, 1.54) is 43.4 Å². The molecular weight excluding hydrogens is 494 g/mol. The summed E-state index contributed by atoms with van der Waals surface area (Å²) in [5.41, 5.74) is 0.684. The van der Waals surface area contributed by atoms with Crippen molar-refractivity contribution in [2.45, 2.75) is 29.0 Å². The molecular formula is C24H25NO8S2. The largest absolute Gasteiger partial charge is 0.493 e. The molecule has 186 valence electrons. The van der Waals surface area contributed by atoms with Gasteiger partial charge in [-0.05, 0) is 48.4 Å². The molecule has 0 aliphatic carbocycles. The predicted molar refractivity (Wildman–Crippen MR) is 127 cm³/mol. The highest BCUT2D eigenvalue weighted by molar-refractivity contribution is 7.91. The van der Waals surface area contributed by atoms with E-state index < -0.39 is 31.6 Å². The molecule has 1 aliphatic heterocycles. The number of hydrogen-bond donors (Lipinski definition) is 0. The van der Waals surface area contributed by atoms with Gasteiger partial charge >= 0.3 is 0 Å². The number of benzene rings is 2. The van der Waals surface area contributed by atoms with E-state index in [9.17, 15) is 21.6 Å². The van der Waals surface area contributed by atoms with Crippen LogP contribution in [0.3, 0.4) is 0 Å². The smallest absolute Gasteiger partial charge is 0.290 e. The van der Waals surface area contributed by atoms with Crippen molar-refractivity contribution in [2.75, 3.05) is 25.7 Å². The highest BCUT2D eigenvalue weighted by atomic mass is 32.2. The molecule has 11 heteroatoms. The Labute approximate surface area is 204 Å². The van der Waals surface area contributed by atoms with Gasteiger partial charge in [0.25, 0.3) is 5.91 Å². The van der Waals surface area contributed by atoms with Gasteiger partial charge in [-0.1, -0.05) is 24.3 Å². The minimum Gasteiger partial charge on any atom is -0.493 e. The molecule has 2 aromatic carbocycles. The lowest BCUT2D eigenvalue weighted by Gasteiger charge is -2.28. The molecule has 4 rings (SSSR count). The predicted octanol–water partition coefficient (Wildman–Crippen LogP) is 2.96. The van der Waals surface area contributed by atoms with Crippen LogP contribution < -0.4 is 9.47 Å². The molecule has 3 aromatic rings. The van der Waals surface area contributed by atoms with Gasteiger partial charge in [0.05, 0.1) is 30.6 Å². The number of carbonyl (C=O) groups excluding carboxylic acids is 1. The summed E-state index contributed by atoms with van der Waals surface area (Å²) in [5, 5.41) is -0.364. The number of hydrogen-bond acceptors (Lipinski definition) is 8. The van der Waals surface area contributed by atoms with E-state index in [1.807, 2.05) is 0 Å². The Morgan fingerprint density at radius 2 is 1.74 bits per heavy atom. The zero-order valence-corrected chi connectivity index (χ0v) is 20.8. The van der Waals surface area contributed by atoms with E-state index in [-0.39, 0.29) is 40.2 Å². The van der Waals surface area contributed by atoms with Gasteiger partial charge in [-0.2, -0.15) is 0 Å². The van der Waals surface area contributed by atoms with Crippen LogP contribution in [-0.4, -0.2) is 59.4 Å². The van der Waals surface area contributed by atoms with Crippen molar-refractivity contribution in [2.24, 2.45) is 0 Å². The second-order valence-electron chi connectivity index (χ2n) is 8.11. The van der Waals surface area contributed by atoms with Crippen LogP contribution in [0.4, 0.5) is 0 Å². The summed E-state index contributed by atoms with van der Waals surface area (Å²) in [6.07, 6.45) is 0.275. The number of methoxy groups -OCH3 is 2. The first-order chi connectivity index (χ1) is 16.6. The van der Waals surface area contributed by atoms with Gasteiger partial charge < -0.3 is 18.8 Å². The molecule has 1 saturated heterocycles. The topological polar surface area (TPSA) is 120 Å². The molecule has 1 amide bonds. The molecule has 1 fully saturated rings. The van der Waals surface area contributed by atoms with Crippen molar-refractivity contribution in [3.8, 4) is 11.5 Å². The fourth-order valence-corrected chi connectivity index (χ4v) is 6.93. The monoisotopic (exact) mass is 519 g/mol. The Morgan fingerprint density at radius 3 is 2.37 bits per heavy atom. The van der Waals surface area contributed by atoms with E-state index in [4.69, 9.17) is 13.9 Å². The summed E-state index contributed by atoms with van der Waals surface area (Å²) in [4.78, 5) is 14.9. The normalized spacial score (nSPS) is 17.1. The first kappa shape index (κ1) is 24.8. The van der Waals surface area contributed by atoms with Crippen LogP contribution in [0.2, 0.25) is 0 Å². The molecule has 35 heavy (non-hydrogen) atoms. The van der Waals surface area contributed by atoms with Gasteiger partial charge in [-0.25, -0.2) is 16.8 Å². The van der Waals surface area contributed by atoms with Crippen LogP contribution in [0.25, 0.3) is 0 Å². The summed E-state index contributed by atoms with van der Waals surface area (Å²) >= 11 is 0. The van der Waals surface area contributed by atoms with Crippen LogP contribution in [-0.2, 0) is 26.2 Å². The van der Waals surface area contributed by atoms with Gasteiger partial charge in [0.1, 0.15) is 0 Å². The fourth-order valence-electron chi connectivity index (χ4n) is 4.00. The second kappa shape index (κ2) is 9.74. The standard InChI is InChI=1S/C24H25NO8S2/c1-31-20-9-8-17(14-22(20)32-2)15-25(18-12-13-34(27,28)16-18)24(26)21-10-11-23(33-21)35(29,30)19-6-4-3-5-7-19/h3-11,14,18H,12-13,15-16H2,1-2H3/t18-/m1/s1. The molecule has 2 heterocycles. The number of rotatable bonds is 8. The molecule has 1 aliphatic rings. The van der Waals surface area contributed by atoms with Crippen molar-refractivity contribution >= 4 is 25.6 Å². The minimum absolute atomic E-state index is 0.0286. The Morgan fingerprint density at radius 1 is 1.03 bits per heavy atom. The van der Waals surface area contributed by atoms with Crippen LogP contribution in [0.15, 0.2) is 75.1 Å². The summed E-state index contributed by atoms with van der Waals surface area (Å²) in [6, 6.07) is 14.8. The molecule has 0 bridgehead atoms. The summed E-state index contributed by atoms with van der Waals surface area (Å²) in [5.74, 6) is -0.0214. The molecule has 0 N–H and O–H groups in total.